The third-order valence-corrected chi connectivity index (χ3v) is 3.50. The van der Waals surface area contributed by atoms with Crippen LogP contribution in [0.5, 0.6) is 5.75 Å². The van der Waals surface area contributed by atoms with Crippen LogP contribution in [0, 0.1) is 0 Å². The lowest BCUT2D eigenvalue weighted by molar-refractivity contribution is 0.411. The van der Waals surface area contributed by atoms with Gasteiger partial charge in [0.15, 0.2) is 0 Å². The quantitative estimate of drug-likeness (QED) is 0.879. The molecule has 0 saturated heterocycles. The van der Waals surface area contributed by atoms with Crippen molar-refractivity contribution in [2.45, 2.75) is 25.7 Å². The number of hydrogen-bond acceptors (Lipinski definition) is 2. The van der Waals surface area contributed by atoms with Crippen LogP contribution in [0.4, 0.5) is 0 Å². The maximum Gasteiger partial charge on any atom is 0.274 e. The van der Waals surface area contributed by atoms with Crippen molar-refractivity contribution in [2.24, 2.45) is 0 Å². The van der Waals surface area contributed by atoms with E-state index in [9.17, 15) is 4.79 Å². The number of methoxy groups -OCH3 is 1. The highest BCUT2D eigenvalue weighted by atomic mass is 16.5. The van der Waals surface area contributed by atoms with Gasteiger partial charge in [0.2, 0.25) is 0 Å². The van der Waals surface area contributed by atoms with Crippen LogP contribution >= 0.6 is 0 Å². The summed E-state index contributed by atoms with van der Waals surface area (Å²) in [6.07, 6.45) is 4.10. The number of para-hydroxylation sites is 2. The zero-order chi connectivity index (χ0) is 12.5. The second-order valence-corrected chi connectivity index (χ2v) is 4.59. The first-order chi connectivity index (χ1) is 8.81. The second kappa shape index (κ2) is 4.37. The van der Waals surface area contributed by atoms with Gasteiger partial charge in [0, 0.05) is 11.3 Å². The summed E-state index contributed by atoms with van der Waals surface area (Å²) in [5.74, 6) is 0.707. The molecule has 1 aromatic heterocycles. The number of fused-ring (bicyclic) bond motifs is 1. The van der Waals surface area contributed by atoms with Gasteiger partial charge in [-0.05, 0) is 37.8 Å². The molecule has 0 fully saturated rings. The van der Waals surface area contributed by atoms with Crippen LogP contribution in [-0.2, 0) is 12.8 Å². The van der Waals surface area contributed by atoms with Gasteiger partial charge in [-0.15, -0.1) is 0 Å². The zero-order valence-corrected chi connectivity index (χ0v) is 10.4. The van der Waals surface area contributed by atoms with Crippen LogP contribution in [0.1, 0.15) is 24.1 Å². The maximum atomic E-state index is 12.4. The Morgan fingerprint density at radius 1 is 1.22 bits per heavy atom. The van der Waals surface area contributed by atoms with Gasteiger partial charge >= 0.3 is 0 Å². The fraction of sp³-hybridized carbons (Fsp3) is 0.357. The minimum Gasteiger partial charge on any atom is -0.494 e. The van der Waals surface area contributed by atoms with E-state index in [0.717, 1.165) is 42.6 Å². The molecule has 94 valence electrons. The molecule has 4 heteroatoms. The van der Waals surface area contributed by atoms with E-state index in [1.807, 2.05) is 24.3 Å². The standard InChI is InChI=1S/C14H16N2O2/c1-18-13-9-5-4-8-12(13)16-14(17)10-6-2-3-7-11(10)15-16/h4-5,8-9,15H,2-3,6-7H2,1H3. The van der Waals surface area contributed by atoms with E-state index in [1.165, 1.54) is 0 Å². The highest BCUT2D eigenvalue weighted by Crippen LogP contribution is 2.23. The van der Waals surface area contributed by atoms with Crippen molar-refractivity contribution >= 4 is 0 Å². The average Bonchev–Trinajstić information content (AvgIpc) is 2.76. The summed E-state index contributed by atoms with van der Waals surface area (Å²) < 4.78 is 6.91. The van der Waals surface area contributed by atoms with Crippen LogP contribution in [0.15, 0.2) is 29.1 Å². The van der Waals surface area contributed by atoms with Gasteiger partial charge in [-0.2, -0.15) is 0 Å². The monoisotopic (exact) mass is 244 g/mol. The van der Waals surface area contributed by atoms with Gasteiger partial charge in [-0.3, -0.25) is 9.89 Å². The molecule has 0 aliphatic heterocycles. The fourth-order valence-corrected chi connectivity index (χ4v) is 2.57. The molecule has 0 unspecified atom stereocenters. The summed E-state index contributed by atoms with van der Waals surface area (Å²) in [5.41, 5.74) is 2.86. The Labute approximate surface area is 105 Å². The molecule has 0 amide bonds. The Bertz CT molecular complexity index is 625. The van der Waals surface area contributed by atoms with Crippen LogP contribution in [0.25, 0.3) is 5.69 Å². The fourth-order valence-electron chi connectivity index (χ4n) is 2.57. The van der Waals surface area contributed by atoms with Gasteiger partial charge in [-0.1, -0.05) is 12.1 Å². The average molecular weight is 244 g/mol. The molecule has 1 aliphatic rings. The molecule has 18 heavy (non-hydrogen) atoms. The van der Waals surface area contributed by atoms with E-state index in [4.69, 9.17) is 4.74 Å². The van der Waals surface area contributed by atoms with Crippen molar-refractivity contribution in [3.8, 4) is 11.4 Å². The van der Waals surface area contributed by atoms with E-state index in [0.29, 0.717) is 5.75 Å². The van der Waals surface area contributed by atoms with Gasteiger partial charge < -0.3 is 4.74 Å². The molecular formula is C14H16N2O2. The molecule has 1 heterocycles. The van der Waals surface area contributed by atoms with E-state index in [1.54, 1.807) is 11.8 Å². The topological polar surface area (TPSA) is 47.0 Å². The molecular weight excluding hydrogens is 228 g/mol. The largest absolute Gasteiger partial charge is 0.494 e. The van der Waals surface area contributed by atoms with Crippen molar-refractivity contribution in [3.63, 3.8) is 0 Å². The summed E-state index contributed by atoms with van der Waals surface area (Å²) in [6.45, 7) is 0. The number of H-pyrrole nitrogens is 1. The molecule has 1 aliphatic carbocycles. The van der Waals surface area contributed by atoms with E-state index in [-0.39, 0.29) is 5.56 Å². The van der Waals surface area contributed by atoms with Gasteiger partial charge in [0.25, 0.3) is 5.56 Å². The van der Waals surface area contributed by atoms with Crippen molar-refractivity contribution in [3.05, 3.63) is 45.9 Å². The van der Waals surface area contributed by atoms with Crippen molar-refractivity contribution < 1.29 is 4.74 Å². The van der Waals surface area contributed by atoms with Gasteiger partial charge in [-0.25, -0.2) is 4.68 Å². The number of aryl methyl sites for hydroxylation is 1. The number of aromatic amines is 1. The molecule has 1 aromatic carbocycles. The molecule has 0 atom stereocenters. The van der Waals surface area contributed by atoms with Crippen molar-refractivity contribution in [2.75, 3.05) is 7.11 Å². The minimum absolute atomic E-state index is 0.0641. The Morgan fingerprint density at radius 3 is 2.78 bits per heavy atom. The highest BCUT2D eigenvalue weighted by molar-refractivity contribution is 5.46. The lowest BCUT2D eigenvalue weighted by atomic mass is 9.98. The van der Waals surface area contributed by atoms with Crippen LogP contribution in [0.2, 0.25) is 0 Å². The summed E-state index contributed by atoms with van der Waals surface area (Å²) >= 11 is 0. The number of hydrogen-bond donors (Lipinski definition) is 1. The molecule has 0 radical (unpaired) electrons. The number of nitrogens with one attached hydrogen (secondary N) is 1. The van der Waals surface area contributed by atoms with E-state index < -0.39 is 0 Å². The summed E-state index contributed by atoms with van der Waals surface area (Å²) in [4.78, 5) is 12.4. The SMILES string of the molecule is COc1ccccc1-n1[nH]c2c(c1=O)CCCC2. The maximum absolute atomic E-state index is 12.4. The number of ether oxygens (including phenoxy) is 1. The molecule has 1 N–H and O–H groups in total. The molecule has 3 rings (SSSR count). The molecule has 2 aromatic rings. The predicted octanol–water partition coefficient (Wildman–Crippen LogP) is 2.05. The van der Waals surface area contributed by atoms with Gasteiger partial charge in [0.1, 0.15) is 11.4 Å². The first-order valence-electron chi connectivity index (χ1n) is 6.27. The Kier molecular flexibility index (Phi) is 2.70. The summed E-state index contributed by atoms with van der Waals surface area (Å²) in [5, 5.41) is 3.22. The molecule has 0 bridgehead atoms. The summed E-state index contributed by atoms with van der Waals surface area (Å²) in [7, 11) is 1.62. The van der Waals surface area contributed by atoms with Crippen molar-refractivity contribution in [1.82, 2.24) is 9.78 Å². The molecule has 0 spiro atoms. The summed E-state index contributed by atoms with van der Waals surface area (Å²) in [6, 6.07) is 7.56. The van der Waals surface area contributed by atoms with Crippen molar-refractivity contribution in [1.29, 1.82) is 0 Å². The number of nitrogens with zero attached hydrogens (tertiary/aromatic N) is 1. The number of rotatable bonds is 2. The van der Waals surface area contributed by atoms with Gasteiger partial charge in [0.05, 0.1) is 7.11 Å². The highest BCUT2D eigenvalue weighted by Gasteiger charge is 2.19. The Morgan fingerprint density at radius 2 is 2.00 bits per heavy atom. The number of benzene rings is 1. The van der Waals surface area contributed by atoms with Crippen LogP contribution in [-0.4, -0.2) is 16.9 Å². The zero-order valence-electron chi connectivity index (χ0n) is 10.4. The second-order valence-electron chi connectivity index (χ2n) is 4.59. The third kappa shape index (κ3) is 1.65. The Hall–Kier alpha value is -1.97. The van der Waals surface area contributed by atoms with Crippen LogP contribution < -0.4 is 10.3 Å². The smallest absolute Gasteiger partial charge is 0.274 e. The van der Waals surface area contributed by atoms with Crippen LogP contribution in [0.3, 0.4) is 0 Å². The lowest BCUT2D eigenvalue weighted by Gasteiger charge is -2.08. The molecule has 4 nitrogen and oxygen atoms in total. The van der Waals surface area contributed by atoms with E-state index in [2.05, 4.69) is 5.10 Å². The van der Waals surface area contributed by atoms with E-state index >= 15 is 0 Å². The Balaban J connectivity index is 2.18. The predicted molar refractivity (Wildman–Crippen MR) is 69.6 cm³/mol. The minimum atomic E-state index is 0.0641. The lowest BCUT2D eigenvalue weighted by Crippen LogP contribution is -2.18. The number of aromatic nitrogens is 2. The molecule has 0 saturated carbocycles. The first kappa shape index (κ1) is 11.1. The first-order valence-corrected chi connectivity index (χ1v) is 6.27. The third-order valence-electron chi connectivity index (χ3n) is 3.50. The normalized spacial score (nSPS) is 14.3.